The molecule has 3 aromatic rings. The van der Waals surface area contributed by atoms with Crippen LogP contribution in [0.3, 0.4) is 0 Å². The molecule has 196 valence electrons. The number of urea groups is 1. The summed E-state index contributed by atoms with van der Waals surface area (Å²) >= 11 is 0. The molecule has 2 aliphatic rings. The third kappa shape index (κ3) is 4.60. The maximum atomic E-state index is 14.9. The Hall–Kier alpha value is -4.26. The van der Waals surface area contributed by atoms with E-state index in [0.717, 1.165) is 23.3 Å². The maximum absolute atomic E-state index is 14.9. The number of fused-ring (bicyclic) bond motifs is 1. The molecule has 1 aromatic heterocycles. The summed E-state index contributed by atoms with van der Waals surface area (Å²) in [6, 6.07) is 12.6. The molecular formula is C28H26F3N5O2. The minimum Gasteiger partial charge on any atom is -0.497 e. The average molecular weight is 522 g/mol. The van der Waals surface area contributed by atoms with Gasteiger partial charge >= 0.3 is 12.2 Å². The van der Waals surface area contributed by atoms with Gasteiger partial charge in [0, 0.05) is 31.1 Å². The summed E-state index contributed by atoms with van der Waals surface area (Å²) in [6.07, 6.45) is -1.49. The van der Waals surface area contributed by atoms with Gasteiger partial charge in [0.1, 0.15) is 5.75 Å². The smallest absolute Gasteiger partial charge is 0.427 e. The fourth-order valence-electron chi connectivity index (χ4n) is 4.61. The number of carbonyl (C=O) groups is 1. The largest absolute Gasteiger partial charge is 0.497 e. The van der Waals surface area contributed by atoms with Gasteiger partial charge in [-0.15, -0.1) is 0 Å². The fourth-order valence-corrected chi connectivity index (χ4v) is 4.61. The van der Waals surface area contributed by atoms with Crippen LogP contribution in [0.2, 0.25) is 0 Å². The van der Waals surface area contributed by atoms with Crippen LogP contribution in [0.5, 0.6) is 5.75 Å². The van der Waals surface area contributed by atoms with Crippen molar-refractivity contribution in [1.29, 1.82) is 0 Å². The Kier molecular flexibility index (Phi) is 6.39. The Labute approximate surface area is 218 Å². The Morgan fingerprint density at radius 3 is 2.47 bits per heavy atom. The number of rotatable bonds is 5. The molecule has 2 N–H and O–H groups in total. The van der Waals surface area contributed by atoms with Crippen molar-refractivity contribution in [3.05, 3.63) is 77.1 Å². The standard InChI is InChI=1S/C28H26F3N5O2/c1-35-26(37)36(17-19-5-8-22(38-2)9-6-19)24-16-20(15-21-12-14-33-25(32)34-21)7-10-23(24)27(35,28(29,30)31)13-11-18-3-4-18/h5-10,12,14,16,18H,3-4,15,17H2,1-2H3,(H2,32,33,34)/t27-/m0/s1. The number of benzene rings is 2. The van der Waals surface area contributed by atoms with E-state index in [4.69, 9.17) is 10.5 Å². The van der Waals surface area contributed by atoms with E-state index in [9.17, 15) is 18.0 Å². The summed E-state index contributed by atoms with van der Waals surface area (Å²) < 4.78 is 50.0. The second-order valence-corrected chi connectivity index (χ2v) is 9.46. The van der Waals surface area contributed by atoms with E-state index in [1.165, 1.54) is 24.2 Å². The van der Waals surface area contributed by atoms with Gasteiger partial charge in [0.25, 0.3) is 0 Å². The molecule has 2 aromatic carbocycles. The van der Waals surface area contributed by atoms with Crippen molar-refractivity contribution < 1.29 is 22.7 Å². The van der Waals surface area contributed by atoms with Crippen molar-refractivity contribution in [3.8, 4) is 17.6 Å². The van der Waals surface area contributed by atoms with Crippen LogP contribution in [-0.2, 0) is 18.5 Å². The van der Waals surface area contributed by atoms with Crippen molar-refractivity contribution in [2.24, 2.45) is 5.92 Å². The number of hydrogen-bond acceptors (Lipinski definition) is 5. The molecule has 0 radical (unpaired) electrons. The van der Waals surface area contributed by atoms with Gasteiger partial charge < -0.3 is 10.5 Å². The number of alkyl halides is 3. The summed E-state index contributed by atoms with van der Waals surface area (Å²) in [4.78, 5) is 23.8. The lowest BCUT2D eigenvalue weighted by Gasteiger charge is -2.47. The molecule has 1 atom stereocenters. The van der Waals surface area contributed by atoms with Crippen LogP contribution in [0.1, 0.15) is 35.2 Å². The maximum Gasteiger partial charge on any atom is 0.427 e. The van der Waals surface area contributed by atoms with E-state index in [0.29, 0.717) is 23.4 Å². The van der Waals surface area contributed by atoms with Crippen molar-refractivity contribution >= 4 is 17.7 Å². The highest BCUT2D eigenvalue weighted by Gasteiger charge is 2.63. The van der Waals surface area contributed by atoms with E-state index < -0.39 is 17.7 Å². The number of aromatic nitrogens is 2. The quantitative estimate of drug-likeness (QED) is 0.483. The van der Waals surface area contributed by atoms with Gasteiger partial charge in [0.15, 0.2) is 0 Å². The lowest BCUT2D eigenvalue weighted by Crippen LogP contribution is -2.62. The van der Waals surface area contributed by atoms with Crippen molar-refractivity contribution in [1.82, 2.24) is 14.9 Å². The minimum absolute atomic E-state index is 0.0636. The summed E-state index contributed by atoms with van der Waals surface area (Å²) in [5.74, 6) is 5.93. The topological polar surface area (TPSA) is 84.6 Å². The van der Waals surface area contributed by atoms with E-state index >= 15 is 0 Å². The van der Waals surface area contributed by atoms with Gasteiger partial charge in [-0.05, 0) is 48.2 Å². The van der Waals surface area contributed by atoms with Crippen molar-refractivity contribution in [2.45, 2.75) is 37.5 Å². The lowest BCUT2D eigenvalue weighted by atomic mass is 9.83. The molecule has 1 aliphatic heterocycles. The molecule has 0 unspecified atom stereocenters. The highest BCUT2D eigenvalue weighted by atomic mass is 19.4. The van der Waals surface area contributed by atoms with Gasteiger partial charge in [-0.25, -0.2) is 14.8 Å². The summed E-state index contributed by atoms with van der Waals surface area (Å²) in [5, 5.41) is 0. The van der Waals surface area contributed by atoms with Crippen LogP contribution in [0, 0.1) is 17.8 Å². The molecular weight excluding hydrogens is 495 g/mol. The Balaban J connectivity index is 1.65. The first-order chi connectivity index (χ1) is 18.1. The Morgan fingerprint density at radius 2 is 1.84 bits per heavy atom. The van der Waals surface area contributed by atoms with Crippen LogP contribution >= 0.6 is 0 Å². The molecule has 1 saturated carbocycles. The Bertz CT molecular complexity index is 1430. The molecule has 0 bridgehead atoms. The number of nitrogens with two attached hydrogens (primary N) is 1. The summed E-state index contributed by atoms with van der Waals surface area (Å²) in [5.41, 5.74) is 5.02. The highest BCUT2D eigenvalue weighted by Crippen LogP contribution is 2.50. The molecule has 5 rings (SSSR count). The normalized spacial score (nSPS) is 19.0. The van der Waals surface area contributed by atoms with Crippen LogP contribution in [0.25, 0.3) is 0 Å². The fraction of sp³-hybridized carbons (Fsp3) is 0.321. The van der Waals surface area contributed by atoms with E-state index in [1.54, 1.807) is 49.6 Å². The van der Waals surface area contributed by atoms with Crippen LogP contribution in [0.15, 0.2) is 54.7 Å². The number of hydrogen-bond donors (Lipinski definition) is 1. The zero-order valence-corrected chi connectivity index (χ0v) is 20.9. The lowest BCUT2D eigenvalue weighted by molar-refractivity contribution is -0.204. The highest BCUT2D eigenvalue weighted by molar-refractivity contribution is 5.97. The molecule has 2 amide bonds. The first-order valence-electron chi connectivity index (χ1n) is 12.1. The number of anilines is 2. The third-order valence-corrected chi connectivity index (χ3v) is 6.83. The van der Waals surface area contributed by atoms with Gasteiger partial charge in [0.05, 0.1) is 25.0 Å². The Morgan fingerprint density at radius 1 is 1.13 bits per heavy atom. The monoisotopic (exact) mass is 521 g/mol. The van der Waals surface area contributed by atoms with Crippen LogP contribution in [0.4, 0.5) is 29.6 Å². The van der Waals surface area contributed by atoms with E-state index in [2.05, 4.69) is 21.8 Å². The molecule has 0 spiro atoms. The second-order valence-electron chi connectivity index (χ2n) is 9.46. The van der Waals surface area contributed by atoms with Gasteiger partial charge in [-0.3, -0.25) is 9.80 Å². The molecule has 2 heterocycles. The SMILES string of the molecule is COc1ccc(CN2C(=O)N(C)[C@](C#CC3CC3)(C(F)(F)F)c3ccc(Cc4ccnc(N)n4)cc32)cc1. The summed E-state index contributed by atoms with van der Waals surface area (Å²) in [7, 11) is 2.71. The van der Waals surface area contributed by atoms with Crippen LogP contribution in [-0.4, -0.2) is 41.2 Å². The minimum atomic E-state index is -4.83. The predicted octanol–water partition coefficient (Wildman–Crippen LogP) is 4.90. The zero-order valence-electron chi connectivity index (χ0n) is 20.9. The van der Waals surface area contributed by atoms with E-state index in [1.807, 2.05) is 0 Å². The average Bonchev–Trinajstić information content (AvgIpc) is 3.71. The first-order valence-corrected chi connectivity index (χ1v) is 12.1. The molecule has 0 saturated heterocycles. The number of halogens is 3. The number of carbonyl (C=O) groups excluding carboxylic acids is 1. The number of ether oxygens (including phenoxy) is 1. The predicted molar refractivity (Wildman–Crippen MR) is 136 cm³/mol. The number of amides is 2. The summed E-state index contributed by atoms with van der Waals surface area (Å²) in [6.45, 7) is 0.0636. The third-order valence-electron chi connectivity index (χ3n) is 6.83. The number of nitrogens with zero attached hydrogens (tertiary/aromatic N) is 4. The van der Waals surface area contributed by atoms with Crippen molar-refractivity contribution in [3.63, 3.8) is 0 Å². The number of nitrogen functional groups attached to an aromatic ring is 1. The molecule has 1 aliphatic carbocycles. The zero-order chi connectivity index (χ0) is 27.1. The van der Waals surface area contributed by atoms with E-state index in [-0.39, 0.29) is 29.7 Å². The molecule has 7 nitrogen and oxygen atoms in total. The van der Waals surface area contributed by atoms with Gasteiger partial charge in [0.2, 0.25) is 11.5 Å². The first kappa shape index (κ1) is 25.4. The molecule has 38 heavy (non-hydrogen) atoms. The van der Waals surface area contributed by atoms with Gasteiger partial charge in [-0.1, -0.05) is 36.1 Å². The molecule has 1 fully saturated rings. The molecule has 10 heteroatoms. The number of methoxy groups -OCH3 is 1. The van der Waals surface area contributed by atoms with Gasteiger partial charge in [-0.2, -0.15) is 13.2 Å². The second kappa shape index (κ2) is 9.56. The van der Waals surface area contributed by atoms with Crippen LogP contribution < -0.4 is 15.4 Å². The van der Waals surface area contributed by atoms with Crippen molar-refractivity contribution in [2.75, 3.05) is 24.8 Å².